The molecule has 1 atom stereocenters. The molecule has 2 amide bonds. The summed E-state index contributed by atoms with van der Waals surface area (Å²) in [5, 5.41) is 3.28. The Balaban J connectivity index is 2.05. The minimum absolute atomic E-state index is 0.0516. The average Bonchev–Trinajstić information content (AvgIpc) is 2.91. The predicted molar refractivity (Wildman–Crippen MR) is 161 cm³/mol. The van der Waals surface area contributed by atoms with Crippen LogP contribution in [0.3, 0.4) is 0 Å². The predicted octanol–water partition coefficient (Wildman–Crippen LogP) is 5.65. The summed E-state index contributed by atoms with van der Waals surface area (Å²) in [5.41, 5.74) is 3.78. The molecule has 0 saturated carbocycles. The van der Waals surface area contributed by atoms with Crippen LogP contribution < -0.4 is 9.62 Å². The van der Waals surface area contributed by atoms with E-state index < -0.39 is 28.5 Å². The van der Waals surface area contributed by atoms with Crippen LogP contribution in [0, 0.1) is 26.7 Å². The summed E-state index contributed by atoms with van der Waals surface area (Å²) in [6.07, 6.45) is 0. The number of anilines is 1. The quantitative estimate of drug-likeness (QED) is 0.316. The molecule has 0 bridgehead atoms. The molecule has 0 unspecified atom stereocenters. The molecule has 214 valence electrons. The summed E-state index contributed by atoms with van der Waals surface area (Å²) < 4.78 is 28.9. The van der Waals surface area contributed by atoms with Crippen molar-refractivity contribution in [3.8, 4) is 0 Å². The van der Waals surface area contributed by atoms with Crippen molar-refractivity contribution in [1.82, 2.24) is 10.2 Å². The van der Waals surface area contributed by atoms with Gasteiger partial charge in [0.25, 0.3) is 10.0 Å². The van der Waals surface area contributed by atoms with Gasteiger partial charge in [0.05, 0.1) is 10.6 Å². The highest BCUT2D eigenvalue weighted by atomic mass is 35.5. The minimum atomic E-state index is -4.15. The Morgan fingerprint density at radius 2 is 1.55 bits per heavy atom. The van der Waals surface area contributed by atoms with Gasteiger partial charge in [-0.15, -0.1) is 0 Å². The van der Waals surface area contributed by atoms with E-state index in [-0.39, 0.29) is 29.0 Å². The Bertz CT molecular complexity index is 1460. The van der Waals surface area contributed by atoms with Gasteiger partial charge in [-0.3, -0.25) is 13.9 Å². The third-order valence-corrected chi connectivity index (χ3v) is 8.98. The molecular weight excluding hydrogens is 546 g/mol. The van der Waals surface area contributed by atoms with E-state index >= 15 is 0 Å². The fourth-order valence-corrected chi connectivity index (χ4v) is 5.69. The fourth-order valence-electron chi connectivity index (χ4n) is 4.11. The van der Waals surface area contributed by atoms with Crippen LogP contribution in [0.4, 0.5) is 5.69 Å². The molecule has 0 heterocycles. The summed E-state index contributed by atoms with van der Waals surface area (Å²) in [6.45, 7) is 11.4. The van der Waals surface area contributed by atoms with E-state index in [1.807, 2.05) is 58.9 Å². The molecule has 9 heteroatoms. The van der Waals surface area contributed by atoms with Crippen LogP contribution in [0.25, 0.3) is 0 Å². The number of hydrogen-bond donors (Lipinski definition) is 1. The van der Waals surface area contributed by atoms with Crippen molar-refractivity contribution in [3.63, 3.8) is 0 Å². The van der Waals surface area contributed by atoms with Crippen LogP contribution in [-0.2, 0) is 26.2 Å². The molecule has 3 aromatic rings. The second kappa shape index (κ2) is 13.3. The summed E-state index contributed by atoms with van der Waals surface area (Å²) in [4.78, 5) is 28.6. The minimum Gasteiger partial charge on any atom is -0.354 e. The Kier molecular flexibility index (Phi) is 10.4. The number of amides is 2. The highest BCUT2D eigenvalue weighted by molar-refractivity contribution is 7.92. The fraction of sp³-hybridized carbons (Fsp3) is 0.355. The third-order valence-electron chi connectivity index (χ3n) is 6.79. The largest absolute Gasteiger partial charge is 0.354 e. The van der Waals surface area contributed by atoms with Crippen molar-refractivity contribution in [1.29, 1.82) is 0 Å². The molecule has 0 aliphatic rings. The topological polar surface area (TPSA) is 86.8 Å². The molecular formula is C31H38ClN3O4S. The van der Waals surface area contributed by atoms with Crippen molar-refractivity contribution < 1.29 is 18.0 Å². The lowest BCUT2D eigenvalue weighted by atomic mass is 10.1. The maximum absolute atomic E-state index is 14.0. The van der Waals surface area contributed by atoms with E-state index in [0.717, 1.165) is 26.6 Å². The highest BCUT2D eigenvalue weighted by Crippen LogP contribution is 2.29. The zero-order valence-corrected chi connectivity index (χ0v) is 25.5. The second-order valence-electron chi connectivity index (χ2n) is 10.5. The van der Waals surface area contributed by atoms with Gasteiger partial charge in [0.1, 0.15) is 12.6 Å². The number of rotatable bonds is 11. The molecule has 3 rings (SSSR count). The molecule has 1 N–H and O–H groups in total. The number of carbonyl (C=O) groups excluding carboxylic acids is 2. The van der Waals surface area contributed by atoms with Crippen LogP contribution in [0.5, 0.6) is 0 Å². The van der Waals surface area contributed by atoms with E-state index in [1.54, 1.807) is 37.3 Å². The third kappa shape index (κ3) is 7.64. The zero-order chi connectivity index (χ0) is 29.6. The Morgan fingerprint density at radius 3 is 2.15 bits per heavy atom. The SMILES string of the molecule is Cc1ccc(S(=O)(=O)N(CC(=O)N(Cc2ccccc2C)[C@H](C)C(=O)NCC(C)C)c2ccc(C)c(Cl)c2)cc1. The van der Waals surface area contributed by atoms with Crippen LogP contribution in [-0.4, -0.2) is 44.3 Å². The Morgan fingerprint density at radius 1 is 0.900 bits per heavy atom. The van der Waals surface area contributed by atoms with Gasteiger partial charge in [-0.2, -0.15) is 0 Å². The molecule has 0 spiro atoms. The standard InChI is InChI=1S/C31H38ClN3O4S/c1-21(2)18-33-31(37)25(6)34(19-26-10-8-7-9-23(26)4)30(36)20-35(27-14-13-24(5)29(32)17-27)40(38,39)28-15-11-22(3)12-16-28/h7-17,21,25H,18-20H2,1-6H3,(H,33,37)/t25-/m1/s1. The van der Waals surface area contributed by atoms with Gasteiger partial charge in [0.15, 0.2) is 0 Å². The van der Waals surface area contributed by atoms with Crippen LogP contribution in [0.1, 0.15) is 43.0 Å². The molecule has 0 aromatic heterocycles. The van der Waals surface area contributed by atoms with Gasteiger partial charge in [-0.1, -0.05) is 73.5 Å². The van der Waals surface area contributed by atoms with Gasteiger partial charge in [-0.05, 0) is 74.6 Å². The smallest absolute Gasteiger partial charge is 0.264 e. The van der Waals surface area contributed by atoms with Gasteiger partial charge in [-0.25, -0.2) is 8.42 Å². The first-order valence-electron chi connectivity index (χ1n) is 13.3. The molecule has 0 radical (unpaired) electrons. The van der Waals surface area contributed by atoms with Gasteiger partial charge in [0, 0.05) is 18.1 Å². The summed E-state index contributed by atoms with van der Waals surface area (Å²) >= 11 is 6.38. The first-order valence-corrected chi connectivity index (χ1v) is 15.1. The number of aryl methyl sites for hydroxylation is 3. The normalized spacial score (nSPS) is 12.2. The maximum Gasteiger partial charge on any atom is 0.264 e. The van der Waals surface area contributed by atoms with Gasteiger partial charge in [0.2, 0.25) is 11.8 Å². The molecule has 40 heavy (non-hydrogen) atoms. The number of sulfonamides is 1. The van der Waals surface area contributed by atoms with E-state index in [0.29, 0.717) is 11.6 Å². The van der Waals surface area contributed by atoms with Gasteiger partial charge < -0.3 is 10.2 Å². The Hall–Kier alpha value is -3.36. The van der Waals surface area contributed by atoms with Crippen molar-refractivity contribution in [2.24, 2.45) is 5.92 Å². The second-order valence-corrected chi connectivity index (χ2v) is 12.8. The van der Waals surface area contributed by atoms with Crippen LogP contribution in [0.15, 0.2) is 71.6 Å². The molecule has 0 aliphatic heterocycles. The monoisotopic (exact) mass is 583 g/mol. The van der Waals surface area contributed by atoms with E-state index in [9.17, 15) is 18.0 Å². The van der Waals surface area contributed by atoms with E-state index in [4.69, 9.17) is 11.6 Å². The number of benzene rings is 3. The van der Waals surface area contributed by atoms with Crippen LogP contribution >= 0.6 is 11.6 Å². The number of nitrogens with zero attached hydrogens (tertiary/aromatic N) is 2. The molecule has 7 nitrogen and oxygen atoms in total. The molecule has 0 fully saturated rings. The zero-order valence-electron chi connectivity index (χ0n) is 23.9. The van der Waals surface area contributed by atoms with Crippen molar-refractivity contribution in [2.75, 3.05) is 17.4 Å². The molecule has 3 aromatic carbocycles. The number of carbonyl (C=O) groups is 2. The highest BCUT2D eigenvalue weighted by Gasteiger charge is 2.33. The summed E-state index contributed by atoms with van der Waals surface area (Å²) in [6, 6.07) is 18.1. The van der Waals surface area contributed by atoms with Crippen LogP contribution in [0.2, 0.25) is 5.02 Å². The lowest BCUT2D eigenvalue weighted by molar-refractivity contribution is -0.139. The lowest BCUT2D eigenvalue weighted by Crippen LogP contribution is -2.51. The van der Waals surface area contributed by atoms with Crippen molar-refractivity contribution in [3.05, 3.63) is 94.0 Å². The van der Waals surface area contributed by atoms with E-state index in [1.165, 1.54) is 17.0 Å². The number of hydrogen-bond acceptors (Lipinski definition) is 4. The van der Waals surface area contributed by atoms with E-state index in [2.05, 4.69) is 5.32 Å². The van der Waals surface area contributed by atoms with Crippen molar-refractivity contribution >= 4 is 39.1 Å². The molecule has 0 saturated heterocycles. The molecule has 0 aliphatic carbocycles. The summed E-state index contributed by atoms with van der Waals surface area (Å²) in [5.74, 6) is -0.581. The Labute approximate surface area is 243 Å². The number of halogens is 1. The average molecular weight is 584 g/mol. The maximum atomic E-state index is 14.0. The van der Waals surface area contributed by atoms with Crippen molar-refractivity contribution in [2.45, 2.75) is 59.0 Å². The first kappa shape index (κ1) is 31.2. The van der Waals surface area contributed by atoms with Gasteiger partial charge >= 0.3 is 0 Å². The lowest BCUT2D eigenvalue weighted by Gasteiger charge is -2.32. The summed E-state index contributed by atoms with van der Waals surface area (Å²) in [7, 11) is -4.15. The number of nitrogens with one attached hydrogen (secondary N) is 1. The first-order chi connectivity index (χ1) is 18.8.